The summed E-state index contributed by atoms with van der Waals surface area (Å²) in [6.45, 7) is 8.89. The van der Waals surface area contributed by atoms with Crippen LogP contribution in [0.4, 0.5) is 0 Å². The first-order chi connectivity index (χ1) is 15.2. The topological polar surface area (TPSA) is 72.1 Å². The van der Waals surface area contributed by atoms with Gasteiger partial charge in [0.25, 0.3) is 0 Å². The Hall–Kier alpha value is -2.38. The van der Waals surface area contributed by atoms with Crippen molar-refractivity contribution in [3.63, 3.8) is 0 Å². The van der Waals surface area contributed by atoms with Gasteiger partial charge in [-0.1, -0.05) is 29.8 Å². The van der Waals surface area contributed by atoms with Gasteiger partial charge in [-0.3, -0.25) is 0 Å². The molecule has 3 heterocycles. The second-order valence-electron chi connectivity index (χ2n) is 8.31. The maximum absolute atomic E-state index is 6.10. The summed E-state index contributed by atoms with van der Waals surface area (Å²) < 4.78 is 17.7. The highest BCUT2D eigenvalue weighted by molar-refractivity contribution is 5.80. The Morgan fingerprint density at radius 2 is 2.03 bits per heavy atom. The minimum absolute atomic E-state index is 0.294. The van der Waals surface area contributed by atoms with Crippen molar-refractivity contribution in [1.82, 2.24) is 15.2 Å². The Bertz CT molecular complexity index is 835. The van der Waals surface area contributed by atoms with E-state index < -0.39 is 0 Å². The molecule has 168 valence electrons. The molecule has 1 aromatic heterocycles. The minimum atomic E-state index is 0.294. The van der Waals surface area contributed by atoms with Crippen molar-refractivity contribution in [2.45, 2.75) is 58.3 Å². The highest BCUT2D eigenvalue weighted by Crippen LogP contribution is 2.21. The highest BCUT2D eigenvalue weighted by atomic mass is 16.5. The number of aliphatic imine (C=N–C) groups is 1. The van der Waals surface area contributed by atoms with Crippen molar-refractivity contribution >= 4 is 5.96 Å². The zero-order chi connectivity index (χ0) is 21.5. The van der Waals surface area contributed by atoms with E-state index in [0.29, 0.717) is 24.6 Å². The van der Waals surface area contributed by atoms with E-state index in [4.69, 9.17) is 18.9 Å². The molecule has 0 bridgehead atoms. The largest absolute Gasteiger partial charge is 0.439 e. The molecule has 1 aromatic carbocycles. The number of likely N-dealkylation sites (tertiary alicyclic amines) is 1. The number of guanidine groups is 1. The highest BCUT2D eigenvalue weighted by Gasteiger charge is 2.24. The van der Waals surface area contributed by atoms with Crippen molar-refractivity contribution in [3.8, 4) is 11.3 Å². The lowest BCUT2D eigenvalue weighted by molar-refractivity contribution is -0.0367. The molecule has 4 rings (SSSR count). The Morgan fingerprint density at radius 1 is 1.23 bits per heavy atom. The Kier molecular flexibility index (Phi) is 7.59. The molecule has 0 amide bonds. The molecule has 0 spiro atoms. The predicted octanol–water partition coefficient (Wildman–Crippen LogP) is 3.78. The van der Waals surface area contributed by atoms with Crippen molar-refractivity contribution < 1.29 is 13.9 Å². The van der Waals surface area contributed by atoms with Crippen LogP contribution >= 0.6 is 0 Å². The third-order valence-corrected chi connectivity index (χ3v) is 5.87. The average Bonchev–Trinajstić information content (AvgIpc) is 3.48. The number of rotatable bonds is 7. The molecule has 1 atom stereocenters. The van der Waals surface area contributed by atoms with Crippen LogP contribution in [-0.4, -0.2) is 60.9 Å². The summed E-state index contributed by atoms with van der Waals surface area (Å²) in [6, 6.07) is 8.26. The molecule has 7 heteroatoms. The fraction of sp³-hybridized carbons (Fsp3) is 0.583. The van der Waals surface area contributed by atoms with Crippen LogP contribution in [0.1, 0.15) is 44.1 Å². The number of aryl methyl sites for hydroxylation is 1. The molecule has 2 aliphatic heterocycles. The molecule has 0 saturated carbocycles. The van der Waals surface area contributed by atoms with Crippen LogP contribution in [0, 0.1) is 6.92 Å². The van der Waals surface area contributed by atoms with Crippen molar-refractivity contribution in [3.05, 3.63) is 41.9 Å². The monoisotopic (exact) mass is 426 g/mol. The summed E-state index contributed by atoms with van der Waals surface area (Å²) in [5, 5.41) is 3.40. The van der Waals surface area contributed by atoms with Crippen LogP contribution in [0.25, 0.3) is 11.3 Å². The summed E-state index contributed by atoms with van der Waals surface area (Å²) in [7, 11) is 0. The number of nitrogens with zero attached hydrogens (tertiary/aromatic N) is 3. The first-order valence-corrected chi connectivity index (χ1v) is 11.5. The molecular weight excluding hydrogens is 392 g/mol. The molecule has 2 saturated heterocycles. The minimum Gasteiger partial charge on any atom is -0.439 e. The summed E-state index contributed by atoms with van der Waals surface area (Å²) >= 11 is 0. The summed E-state index contributed by atoms with van der Waals surface area (Å²) in [6.07, 6.45) is 6.68. The third kappa shape index (κ3) is 6.08. The zero-order valence-corrected chi connectivity index (χ0v) is 18.7. The van der Waals surface area contributed by atoms with Crippen LogP contribution in [0.5, 0.6) is 0 Å². The molecule has 0 aliphatic carbocycles. The van der Waals surface area contributed by atoms with E-state index in [1.165, 1.54) is 5.56 Å². The van der Waals surface area contributed by atoms with E-state index in [1.54, 1.807) is 6.20 Å². The fourth-order valence-electron chi connectivity index (χ4n) is 4.06. The van der Waals surface area contributed by atoms with Crippen LogP contribution in [0.15, 0.2) is 39.9 Å². The van der Waals surface area contributed by atoms with Crippen LogP contribution in [0.2, 0.25) is 0 Å². The number of hydrogen-bond acceptors (Lipinski definition) is 5. The van der Waals surface area contributed by atoms with Gasteiger partial charge in [0.15, 0.2) is 11.7 Å². The summed E-state index contributed by atoms with van der Waals surface area (Å²) in [4.78, 5) is 11.5. The van der Waals surface area contributed by atoms with E-state index in [0.717, 1.165) is 75.8 Å². The van der Waals surface area contributed by atoms with Gasteiger partial charge in [0, 0.05) is 31.8 Å². The van der Waals surface area contributed by atoms with Crippen LogP contribution in [-0.2, 0) is 16.0 Å². The molecule has 2 aromatic rings. The van der Waals surface area contributed by atoms with Gasteiger partial charge < -0.3 is 24.1 Å². The van der Waals surface area contributed by atoms with E-state index >= 15 is 0 Å². The van der Waals surface area contributed by atoms with E-state index in [9.17, 15) is 0 Å². The lowest BCUT2D eigenvalue weighted by atomic mass is 10.1. The standard InChI is InChI=1S/C24H34N4O3/c1-3-25-24(28-12-10-20(11-13-28)30-17-21-5-4-14-29-21)27-16-23-26-15-22(31-23)19-8-6-18(2)7-9-19/h6-9,15,20-21H,3-5,10-14,16-17H2,1-2H3,(H,25,27). The summed E-state index contributed by atoms with van der Waals surface area (Å²) in [5.74, 6) is 2.32. The number of ether oxygens (including phenoxy) is 2. The number of aromatic nitrogens is 1. The molecule has 31 heavy (non-hydrogen) atoms. The Labute approximate surface area is 184 Å². The Morgan fingerprint density at radius 3 is 2.74 bits per heavy atom. The molecule has 1 N–H and O–H groups in total. The molecule has 1 unspecified atom stereocenters. The maximum atomic E-state index is 6.10. The van der Waals surface area contributed by atoms with E-state index in [2.05, 4.69) is 53.3 Å². The zero-order valence-electron chi connectivity index (χ0n) is 18.7. The Balaban J connectivity index is 1.30. The van der Waals surface area contributed by atoms with E-state index in [-0.39, 0.29) is 0 Å². The lowest BCUT2D eigenvalue weighted by Crippen LogP contribution is -2.47. The molecule has 2 aliphatic rings. The van der Waals surface area contributed by atoms with E-state index in [1.807, 2.05) is 0 Å². The van der Waals surface area contributed by atoms with Gasteiger partial charge in [-0.15, -0.1) is 0 Å². The van der Waals surface area contributed by atoms with Crippen LogP contribution in [0.3, 0.4) is 0 Å². The third-order valence-electron chi connectivity index (χ3n) is 5.87. The van der Waals surface area contributed by atoms with Crippen molar-refractivity contribution in [2.24, 2.45) is 4.99 Å². The lowest BCUT2D eigenvalue weighted by Gasteiger charge is -2.34. The van der Waals surface area contributed by atoms with Gasteiger partial charge >= 0.3 is 0 Å². The smallest absolute Gasteiger partial charge is 0.216 e. The molecular formula is C24H34N4O3. The van der Waals surface area contributed by atoms with Crippen LogP contribution < -0.4 is 5.32 Å². The number of hydrogen-bond donors (Lipinski definition) is 1. The first-order valence-electron chi connectivity index (χ1n) is 11.5. The second kappa shape index (κ2) is 10.8. The molecule has 0 radical (unpaired) electrons. The maximum Gasteiger partial charge on any atom is 0.216 e. The number of nitrogens with one attached hydrogen (secondary N) is 1. The van der Waals surface area contributed by atoms with Gasteiger partial charge in [-0.2, -0.15) is 0 Å². The SMILES string of the molecule is CCNC(=NCc1ncc(-c2ccc(C)cc2)o1)N1CCC(OCC2CCCO2)CC1. The normalized spacial score (nSPS) is 20.4. The first kappa shape index (κ1) is 21.8. The average molecular weight is 427 g/mol. The van der Waals surface area contributed by atoms with Gasteiger partial charge in [0.1, 0.15) is 6.54 Å². The van der Waals surface area contributed by atoms with Gasteiger partial charge in [0.05, 0.1) is 25.0 Å². The van der Waals surface area contributed by atoms with Crippen molar-refractivity contribution in [1.29, 1.82) is 0 Å². The number of oxazole rings is 1. The second-order valence-corrected chi connectivity index (χ2v) is 8.31. The molecule has 2 fully saturated rings. The summed E-state index contributed by atoms with van der Waals surface area (Å²) in [5.41, 5.74) is 2.26. The molecule has 7 nitrogen and oxygen atoms in total. The van der Waals surface area contributed by atoms with Gasteiger partial charge in [-0.25, -0.2) is 9.98 Å². The predicted molar refractivity (Wildman–Crippen MR) is 121 cm³/mol. The van der Waals surface area contributed by atoms with Gasteiger partial charge in [-0.05, 0) is 39.5 Å². The number of piperidine rings is 1. The fourth-order valence-corrected chi connectivity index (χ4v) is 4.06. The number of benzene rings is 1. The van der Waals surface area contributed by atoms with Gasteiger partial charge in [0.2, 0.25) is 5.89 Å². The quantitative estimate of drug-likeness (QED) is 0.537. The van der Waals surface area contributed by atoms with Crippen molar-refractivity contribution in [2.75, 3.05) is 32.8 Å².